The Labute approximate surface area is 158 Å². The van der Waals surface area contributed by atoms with Crippen LogP contribution in [0, 0.1) is 0 Å². The van der Waals surface area contributed by atoms with Gasteiger partial charge in [0.2, 0.25) is 5.91 Å². The van der Waals surface area contributed by atoms with E-state index in [2.05, 4.69) is 35.5 Å². The molecule has 3 N–H and O–H groups in total. The summed E-state index contributed by atoms with van der Waals surface area (Å²) >= 11 is 0. The summed E-state index contributed by atoms with van der Waals surface area (Å²) in [4.78, 5) is 32.7. The molecule has 0 spiro atoms. The van der Waals surface area contributed by atoms with Gasteiger partial charge in [0, 0.05) is 36.8 Å². The zero-order valence-corrected chi connectivity index (χ0v) is 15.4. The van der Waals surface area contributed by atoms with Crippen molar-refractivity contribution in [1.29, 1.82) is 0 Å². The molecule has 0 radical (unpaired) electrons. The molecule has 0 aliphatic carbocycles. The van der Waals surface area contributed by atoms with Gasteiger partial charge < -0.3 is 15.5 Å². The monoisotopic (exact) mass is 372 g/mol. The second-order valence-corrected chi connectivity index (χ2v) is 6.63. The molecule has 1 fully saturated rings. The van der Waals surface area contributed by atoms with Crippen molar-refractivity contribution in [3.8, 4) is 0 Å². The molecule has 1 aromatic carbocycles. The number of fused-ring (bicyclic) bond motifs is 2. The van der Waals surface area contributed by atoms with Crippen molar-refractivity contribution >= 4 is 29.1 Å². The predicted octanol–water partition coefficient (Wildman–Crippen LogP) is 2.61. The SMILES string of the molecule is CC(=O)Nc1cccc(C2=CC3CCC(C2)N3C)c1.O=C(O)/C=C/C(=O)O. The highest BCUT2D eigenvalue weighted by Crippen LogP contribution is 2.37. The van der Waals surface area contributed by atoms with Gasteiger partial charge in [-0.05, 0) is 49.6 Å². The van der Waals surface area contributed by atoms with E-state index >= 15 is 0 Å². The summed E-state index contributed by atoms with van der Waals surface area (Å²) in [6, 6.07) is 9.46. The van der Waals surface area contributed by atoms with Crippen LogP contribution in [-0.2, 0) is 14.4 Å². The van der Waals surface area contributed by atoms with Gasteiger partial charge in [0.25, 0.3) is 0 Å². The third-order valence-electron chi connectivity index (χ3n) is 4.67. The average molecular weight is 372 g/mol. The molecule has 2 heterocycles. The molecule has 2 atom stereocenters. The van der Waals surface area contributed by atoms with Gasteiger partial charge in [-0.1, -0.05) is 18.2 Å². The fourth-order valence-corrected chi connectivity index (χ4v) is 3.40. The predicted molar refractivity (Wildman–Crippen MR) is 102 cm³/mol. The topological polar surface area (TPSA) is 107 Å². The summed E-state index contributed by atoms with van der Waals surface area (Å²) in [6.07, 6.45) is 7.21. The number of hydrogen-bond donors (Lipinski definition) is 3. The van der Waals surface area contributed by atoms with Crippen LogP contribution in [0.15, 0.2) is 42.5 Å². The van der Waals surface area contributed by atoms with Crippen molar-refractivity contribution < 1.29 is 24.6 Å². The number of carbonyl (C=O) groups is 3. The Bertz CT molecular complexity index is 768. The summed E-state index contributed by atoms with van der Waals surface area (Å²) in [6.45, 7) is 1.54. The highest BCUT2D eigenvalue weighted by molar-refractivity contribution is 5.90. The Morgan fingerprint density at radius 2 is 1.81 bits per heavy atom. The van der Waals surface area contributed by atoms with Crippen LogP contribution in [0.1, 0.15) is 31.7 Å². The quantitative estimate of drug-likeness (QED) is 0.702. The lowest BCUT2D eigenvalue weighted by atomic mass is 9.95. The molecule has 1 aromatic rings. The lowest BCUT2D eigenvalue weighted by Crippen LogP contribution is -2.34. The van der Waals surface area contributed by atoms with E-state index in [1.165, 1.54) is 24.0 Å². The normalized spacial score (nSPS) is 21.2. The molecule has 2 unspecified atom stereocenters. The van der Waals surface area contributed by atoms with Gasteiger partial charge in [-0.2, -0.15) is 0 Å². The largest absolute Gasteiger partial charge is 0.478 e. The summed E-state index contributed by atoms with van der Waals surface area (Å²) in [5.74, 6) is -2.53. The van der Waals surface area contributed by atoms with E-state index in [0.717, 1.165) is 12.1 Å². The highest BCUT2D eigenvalue weighted by Gasteiger charge is 2.33. The number of carbonyl (C=O) groups excluding carboxylic acids is 1. The summed E-state index contributed by atoms with van der Waals surface area (Å²) in [5, 5.41) is 18.5. The van der Waals surface area contributed by atoms with E-state index in [4.69, 9.17) is 10.2 Å². The van der Waals surface area contributed by atoms with Crippen LogP contribution in [0.25, 0.3) is 5.57 Å². The lowest BCUT2D eigenvalue weighted by molar-refractivity contribution is -0.134. The van der Waals surface area contributed by atoms with Gasteiger partial charge in [0.05, 0.1) is 0 Å². The van der Waals surface area contributed by atoms with E-state index < -0.39 is 11.9 Å². The number of aliphatic carboxylic acids is 2. The fraction of sp³-hybridized carbons (Fsp3) is 0.350. The molecular weight excluding hydrogens is 348 g/mol. The Balaban J connectivity index is 0.000000279. The number of anilines is 1. The first-order valence-corrected chi connectivity index (χ1v) is 8.71. The van der Waals surface area contributed by atoms with E-state index in [0.29, 0.717) is 24.2 Å². The average Bonchev–Trinajstić information content (AvgIpc) is 2.81. The first kappa shape index (κ1) is 20.4. The van der Waals surface area contributed by atoms with Gasteiger partial charge in [-0.25, -0.2) is 9.59 Å². The van der Waals surface area contributed by atoms with Crippen molar-refractivity contribution in [3.63, 3.8) is 0 Å². The van der Waals surface area contributed by atoms with Crippen LogP contribution in [0.4, 0.5) is 5.69 Å². The van der Waals surface area contributed by atoms with Gasteiger partial charge in [-0.3, -0.25) is 9.69 Å². The van der Waals surface area contributed by atoms with Crippen molar-refractivity contribution in [2.45, 2.75) is 38.3 Å². The smallest absolute Gasteiger partial charge is 0.328 e. The zero-order chi connectivity index (χ0) is 20.0. The minimum absolute atomic E-state index is 0.0189. The maximum atomic E-state index is 11.1. The zero-order valence-electron chi connectivity index (χ0n) is 15.4. The number of nitrogens with one attached hydrogen (secondary N) is 1. The Morgan fingerprint density at radius 3 is 2.37 bits per heavy atom. The molecule has 144 valence electrons. The maximum absolute atomic E-state index is 11.1. The second kappa shape index (κ2) is 9.14. The van der Waals surface area contributed by atoms with Crippen molar-refractivity contribution in [2.75, 3.05) is 12.4 Å². The summed E-state index contributed by atoms with van der Waals surface area (Å²) in [7, 11) is 2.23. The molecule has 3 rings (SSSR count). The van der Waals surface area contributed by atoms with Gasteiger partial charge in [0.15, 0.2) is 0 Å². The molecule has 0 saturated carbocycles. The number of nitrogens with zero attached hydrogens (tertiary/aromatic N) is 1. The Morgan fingerprint density at radius 1 is 1.15 bits per heavy atom. The summed E-state index contributed by atoms with van der Waals surface area (Å²) < 4.78 is 0. The van der Waals surface area contributed by atoms with E-state index in [1.807, 2.05) is 12.1 Å². The molecule has 1 saturated heterocycles. The molecule has 2 bridgehead atoms. The van der Waals surface area contributed by atoms with Gasteiger partial charge in [0.1, 0.15) is 0 Å². The molecule has 2 aliphatic rings. The van der Waals surface area contributed by atoms with Gasteiger partial charge in [-0.15, -0.1) is 0 Å². The first-order valence-electron chi connectivity index (χ1n) is 8.71. The fourth-order valence-electron chi connectivity index (χ4n) is 3.40. The lowest BCUT2D eigenvalue weighted by Gasteiger charge is -2.30. The van der Waals surface area contributed by atoms with Crippen LogP contribution in [-0.4, -0.2) is 52.1 Å². The molecule has 2 aliphatic heterocycles. The Kier molecular flexibility index (Phi) is 6.90. The van der Waals surface area contributed by atoms with Crippen molar-refractivity contribution in [2.24, 2.45) is 0 Å². The third kappa shape index (κ3) is 6.07. The second-order valence-electron chi connectivity index (χ2n) is 6.63. The molecule has 7 heteroatoms. The van der Waals surface area contributed by atoms with Gasteiger partial charge >= 0.3 is 11.9 Å². The molecule has 7 nitrogen and oxygen atoms in total. The molecular formula is C20H24N2O5. The molecule has 0 aromatic heterocycles. The number of hydrogen-bond acceptors (Lipinski definition) is 4. The standard InChI is InChI=1S/C16H20N2O.C4H4O4/c1-11(19)17-14-5-3-4-12(8-14)13-9-15-6-7-16(10-13)18(15)2;5-3(6)1-2-4(7)8/h3-5,8-9,15-16H,6-7,10H2,1-2H3,(H,17,19);1-2H,(H,5,6)(H,7,8)/b;2-1+. The van der Waals surface area contributed by atoms with Crippen LogP contribution in [0.5, 0.6) is 0 Å². The van der Waals surface area contributed by atoms with E-state index in [9.17, 15) is 14.4 Å². The van der Waals surface area contributed by atoms with Crippen LogP contribution in [0.2, 0.25) is 0 Å². The molecule has 1 amide bonds. The summed E-state index contributed by atoms with van der Waals surface area (Å²) in [5.41, 5.74) is 3.56. The highest BCUT2D eigenvalue weighted by atomic mass is 16.4. The van der Waals surface area contributed by atoms with Crippen LogP contribution < -0.4 is 5.32 Å². The minimum Gasteiger partial charge on any atom is -0.478 e. The van der Waals surface area contributed by atoms with E-state index in [-0.39, 0.29) is 5.91 Å². The Hall–Kier alpha value is -2.93. The van der Waals surface area contributed by atoms with Crippen LogP contribution in [0.3, 0.4) is 0 Å². The van der Waals surface area contributed by atoms with Crippen LogP contribution >= 0.6 is 0 Å². The number of amides is 1. The number of benzene rings is 1. The molecule has 27 heavy (non-hydrogen) atoms. The van der Waals surface area contributed by atoms with Crippen molar-refractivity contribution in [3.05, 3.63) is 48.1 Å². The third-order valence-corrected chi connectivity index (χ3v) is 4.67. The maximum Gasteiger partial charge on any atom is 0.328 e. The number of carboxylic acids is 2. The first-order chi connectivity index (χ1) is 12.8. The van der Waals surface area contributed by atoms with Crippen molar-refractivity contribution in [1.82, 2.24) is 4.90 Å². The number of carboxylic acid groups (broad SMARTS) is 2. The number of rotatable bonds is 4. The van der Waals surface area contributed by atoms with E-state index in [1.54, 1.807) is 6.92 Å². The number of likely N-dealkylation sites (N-methyl/N-ethyl adjacent to an activating group) is 1. The minimum atomic E-state index is -1.26.